The average Bonchev–Trinajstić information content (AvgIpc) is 3.30. The van der Waals surface area contributed by atoms with E-state index in [0.29, 0.717) is 41.3 Å². The van der Waals surface area contributed by atoms with Gasteiger partial charge in [-0.2, -0.15) is 0 Å². The van der Waals surface area contributed by atoms with E-state index in [4.69, 9.17) is 9.72 Å². The lowest BCUT2D eigenvalue weighted by atomic mass is 9.86. The highest BCUT2D eigenvalue weighted by molar-refractivity contribution is 7.91. The zero-order chi connectivity index (χ0) is 25.1. The van der Waals surface area contributed by atoms with Crippen molar-refractivity contribution in [1.29, 1.82) is 0 Å². The number of ether oxygens (including phenoxy) is 1. The molecule has 1 aliphatic carbocycles. The van der Waals surface area contributed by atoms with Crippen LogP contribution in [-0.2, 0) is 23.4 Å². The van der Waals surface area contributed by atoms with Gasteiger partial charge >= 0.3 is 0 Å². The number of nitrogens with zero attached hydrogens (tertiary/aromatic N) is 6. The molecule has 0 unspecified atom stereocenters. The Labute approximate surface area is 201 Å². The van der Waals surface area contributed by atoms with Gasteiger partial charge in [-0.3, -0.25) is 4.98 Å². The van der Waals surface area contributed by atoms with E-state index in [0.717, 1.165) is 23.2 Å². The molecule has 0 bridgehead atoms. The van der Waals surface area contributed by atoms with E-state index in [1.807, 2.05) is 17.6 Å². The van der Waals surface area contributed by atoms with Crippen LogP contribution in [0, 0.1) is 12.8 Å². The Morgan fingerprint density at radius 3 is 2.51 bits per heavy atom. The maximum Gasteiger partial charge on any atom is 0.248 e. The molecule has 4 heterocycles. The molecule has 0 N–H and O–H groups in total. The third-order valence-corrected chi connectivity index (χ3v) is 7.88. The maximum atomic E-state index is 13.8. The van der Waals surface area contributed by atoms with Gasteiger partial charge in [0.1, 0.15) is 10.4 Å². The summed E-state index contributed by atoms with van der Waals surface area (Å²) in [4.78, 5) is 8.98. The molecule has 1 saturated carbocycles. The summed E-state index contributed by atoms with van der Waals surface area (Å²) >= 11 is 0. The summed E-state index contributed by atoms with van der Waals surface area (Å²) in [6.45, 7) is 2.22. The fourth-order valence-electron chi connectivity index (χ4n) is 5.06. The molecule has 0 aliphatic heterocycles. The molecule has 0 spiro atoms. The number of aromatic nitrogens is 6. The van der Waals surface area contributed by atoms with Crippen LogP contribution < -0.4 is 4.74 Å². The molecule has 0 atom stereocenters. The fraction of sp³-hybridized carbons (Fsp3) is 0.478. The van der Waals surface area contributed by atoms with Crippen molar-refractivity contribution < 1.29 is 21.9 Å². The Balaban J connectivity index is 1.80. The Bertz CT molecular complexity index is 1530. The Morgan fingerprint density at radius 2 is 1.91 bits per heavy atom. The van der Waals surface area contributed by atoms with Gasteiger partial charge in [-0.1, -0.05) is 5.21 Å². The summed E-state index contributed by atoms with van der Waals surface area (Å²) in [6, 6.07) is 1.91. The average molecular weight is 505 g/mol. The zero-order valence-electron chi connectivity index (χ0n) is 19.9. The Morgan fingerprint density at radius 1 is 1.20 bits per heavy atom. The quantitative estimate of drug-likeness (QED) is 0.406. The molecule has 9 nitrogen and oxygen atoms in total. The Kier molecular flexibility index (Phi) is 5.53. The largest absolute Gasteiger partial charge is 0.480 e. The lowest BCUT2D eigenvalue weighted by Gasteiger charge is -2.29. The molecule has 4 aromatic heterocycles. The number of fused-ring (bicyclic) bond motifs is 3. The number of hydrogen-bond acceptors (Lipinski definition) is 7. The molecule has 186 valence electrons. The van der Waals surface area contributed by atoms with E-state index in [1.54, 1.807) is 17.9 Å². The van der Waals surface area contributed by atoms with Crippen molar-refractivity contribution in [3.63, 3.8) is 0 Å². The number of aryl methyl sites for hydroxylation is 2. The summed E-state index contributed by atoms with van der Waals surface area (Å²) in [6.07, 6.45) is 4.44. The number of halogens is 2. The van der Waals surface area contributed by atoms with E-state index in [9.17, 15) is 17.2 Å². The molecule has 1 aliphatic rings. The molecular weight excluding hydrogens is 478 g/mol. The van der Waals surface area contributed by atoms with Gasteiger partial charge in [-0.05, 0) is 31.7 Å². The van der Waals surface area contributed by atoms with Crippen LogP contribution in [0.3, 0.4) is 0 Å². The van der Waals surface area contributed by atoms with Crippen LogP contribution in [0.15, 0.2) is 23.4 Å². The maximum absolute atomic E-state index is 13.8. The van der Waals surface area contributed by atoms with Gasteiger partial charge in [-0.15, -0.1) is 5.10 Å². The van der Waals surface area contributed by atoms with Crippen molar-refractivity contribution >= 4 is 31.8 Å². The molecule has 5 rings (SSSR count). The second-order valence-electron chi connectivity index (χ2n) is 9.28. The van der Waals surface area contributed by atoms with Gasteiger partial charge in [0.25, 0.3) is 0 Å². The van der Waals surface area contributed by atoms with Gasteiger partial charge < -0.3 is 9.30 Å². The summed E-state index contributed by atoms with van der Waals surface area (Å²) in [5.41, 5.74) is 3.90. The van der Waals surface area contributed by atoms with Crippen molar-refractivity contribution in [3.05, 3.63) is 24.2 Å². The SMILES string of the molecule is COc1ncc(S(C)(=O)=O)c2c1c1ncc(-c3c(C)nnn3C)cc1n2CC1CCC(F)(F)CC1. The summed E-state index contributed by atoms with van der Waals surface area (Å²) in [7, 11) is -0.412. The van der Waals surface area contributed by atoms with Crippen LogP contribution in [0.25, 0.3) is 33.2 Å². The van der Waals surface area contributed by atoms with E-state index >= 15 is 0 Å². The first kappa shape index (κ1) is 23.6. The van der Waals surface area contributed by atoms with Crippen molar-refractivity contribution in [2.75, 3.05) is 13.4 Å². The second-order valence-corrected chi connectivity index (χ2v) is 11.3. The number of methoxy groups -OCH3 is 1. The fourth-order valence-corrected chi connectivity index (χ4v) is 5.87. The minimum Gasteiger partial charge on any atom is -0.480 e. The van der Waals surface area contributed by atoms with Crippen LogP contribution in [0.2, 0.25) is 0 Å². The van der Waals surface area contributed by atoms with Crippen LogP contribution in [0.1, 0.15) is 31.4 Å². The highest BCUT2D eigenvalue weighted by Gasteiger charge is 2.36. The molecule has 4 aromatic rings. The van der Waals surface area contributed by atoms with Crippen molar-refractivity contribution in [1.82, 2.24) is 29.5 Å². The molecule has 1 fully saturated rings. The molecule has 35 heavy (non-hydrogen) atoms. The minimum atomic E-state index is -3.66. The first-order valence-corrected chi connectivity index (χ1v) is 13.2. The molecule has 0 saturated heterocycles. The van der Waals surface area contributed by atoms with Crippen LogP contribution in [0.5, 0.6) is 5.88 Å². The zero-order valence-corrected chi connectivity index (χ0v) is 20.7. The van der Waals surface area contributed by atoms with Gasteiger partial charge in [-0.25, -0.2) is 26.9 Å². The number of rotatable bonds is 5. The first-order valence-electron chi connectivity index (χ1n) is 11.3. The number of hydrogen-bond donors (Lipinski definition) is 0. The topological polar surface area (TPSA) is 105 Å². The molecule has 0 amide bonds. The van der Waals surface area contributed by atoms with E-state index < -0.39 is 15.8 Å². The molecule has 12 heteroatoms. The van der Waals surface area contributed by atoms with Crippen LogP contribution >= 0.6 is 0 Å². The van der Waals surface area contributed by atoms with E-state index in [2.05, 4.69) is 15.3 Å². The lowest BCUT2D eigenvalue weighted by Crippen LogP contribution is -2.26. The summed E-state index contributed by atoms with van der Waals surface area (Å²) in [5.74, 6) is -2.44. The number of pyridine rings is 2. The van der Waals surface area contributed by atoms with Gasteiger partial charge in [0, 0.05) is 44.5 Å². The smallest absolute Gasteiger partial charge is 0.248 e. The van der Waals surface area contributed by atoms with E-state index in [1.165, 1.54) is 13.3 Å². The third kappa shape index (κ3) is 4.03. The number of alkyl halides is 2. The van der Waals surface area contributed by atoms with Gasteiger partial charge in [0.05, 0.1) is 41.1 Å². The predicted octanol–water partition coefficient (Wildman–Crippen LogP) is 3.93. The van der Waals surface area contributed by atoms with Gasteiger partial charge in [0.15, 0.2) is 9.84 Å². The van der Waals surface area contributed by atoms with E-state index in [-0.39, 0.29) is 29.5 Å². The monoisotopic (exact) mass is 504 g/mol. The van der Waals surface area contributed by atoms with Crippen molar-refractivity contribution in [2.45, 2.75) is 50.0 Å². The molecule has 0 radical (unpaired) electrons. The van der Waals surface area contributed by atoms with Crippen molar-refractivity contribution in [3.8, 4) is 17.1 Å². The van der Waals surface area contributed by atoms with Crippen LogP contribution in [-0.4, -0.2) is 57.2 Å². The molecular formula is C23H26F2N6O3S. The van der Waals surface area contributed by atoms with Gasteiger partial charge in [0.2, 0.25) is 11.8 Å². The van der Waals surface area contributed by atoms with Crippen LogP contribution in [0.4, 0.5) is 8.78 Å². The highest BCUT2D eigenvalue weighted by Crippen LogP contribution is 2.41. The summed E-state index contributed by atoms with van der Waals surface area (Å²) < 4.78 is 62.2. The standard InChI is InChI=1S/C23H26F2N6O3S/c1-13-20(30(2)29-28-13)15-9-16-19(26-10-15)18-21(17(35(4,32)33)11-27-22(18)34-3)31(16)12-14-5-7-23(24,25)8-6-14/h9-11,14H,5-8,12H2,1-4H3. The second kappa shape index (κ2) is 8.21. The molecule has 0 aromatic carbocycles. The van der Waals surface area contributed by atoms with Crippen molar-refractivity contribution in [2.24, 2.45) is 13.0 Å². The summed E-state index contributed by atoms with van der Waals surface area (Å²) in [5, 5.41) is 8.67. The lowest BCUT2D eigenvalue weighted by molar-refractivity contribution is -0.0471. The third-order valence-electron chi connectivity index (χ3n) is 6.79. The minimum absolute atomic E-state index is 0.0382. The normalized spacial score (nSPS) is 16.9. The first-order chi connectivity index (χ1) is 16.5. The number of sulfone groups is 1. The predicted molar refractivity (Wildman–Crippen MR) is 126 cm³/mol. The Hall–Kier alpha value is -3.15. The highest BCUT2D eigenvalue weighted by atomic mass is 32.2.